The molecule has 0 saturated heterocycles. The number of halogens is 2. The maximum atomic E-state index is 13.2. The smallest absolute Gasteiger partial charge is 0.242 e. The molecule has 0 heterocycles. The Morgan fingerprint density at radius 2 is 1.65 bits per heavy atom. The molecule has 2 aromatic carbocycles. The zero-order chi connectivity index (χ0) is 25.5. The Hall–Kier alpha value is -2.29. The van der Waals surface area contributed by atoms with E-state index in [2.05, 4.69) is 5.32 Å². The van der Waals surface area contributed by atoms with Crippen molar-refractivity contribution in [3.63, 3.8) is 0 Å². The van der Waals surface area contributed by atoms with E-state index < -0.39 is 16.1 Å². The molecule has 0 aliphatic carbocycles. The van der Waals surface area contributed by atoms with Crippen LogP contribution in [0.4, 0.5) is 5.69 Å². The summed E-state index contributed by atoms with van der Waals surface area (Å²) in [7, 11) is -3.52. The Bertz CT molecular complexity index is 1090. The molecular weight excluding hydrogens is 497 g/mol. The van der Waals surface area contributed by atoms with Crippen LogP contribution in [0.25, 0.3) is 0 Å². The molecule has 0 fully saturated rings. The van der Waals surface area contributed by atoms with Crippen LogP contribution in [0.1, 0.15) is 39.2 Å². The minimum atomic E-state index is -3.52. The van der Waals surface area contributed by atoms with Gasteiger partial charge in [-0.25, -0.2) is 8.42 Å². The highest BCUT2D eigenvalue weighted by molar-refractivity contribution is 7.92. The first-order valence-corrected chi connectivity index (χ1v) is 13.6. The van der Waals surface area contributed by atoms with Crippen LogP contribution in [-0.4, -0.2) is 50.0 Å². The second-order valence-electron chi connectivity index (χ2n) is 8.38. The van der Waals surface area contributed by atoms with Crippen molar-refractivity contribution in [3.8, 4) is 0 Å². The van der Waals surface area contributed by atoms with Gasteiger partial charge in [0.05, 0.1) is 22.0 Å². The van der Waals surface area contributed by atoms with Crippen LogP contribution in [0.5, 0.6) is 0 Å². The number of anilines is 1. The first kappa shape index (κ1) is 28.0. The summed E-state index contributed by atoms with van der Waals surface area (Å²) in [4.78, 5) is 27.4. The van der Waals surface area contributed by atoms with Crippen molar-refractivity contribution in [1.82, 2.24) is 10.2 Å². The van der Waals surface area contributed by atoms with E-state index in [1.54, 1.807) is 55.5 Å². The van der Waals surface area contributed by atoms with Crippen LogP contribution in [0.15, 0.2) is 48.5 Å². The van der Waals surface area contributed by atoms with Gasteiger partial charge in [-0.2, -0.15) is 0 Å². The van der Waals surface area contributed by atoms with E-state index >= 15 is 0 Å². The number of hydrogen-bond acceptors (Lipinski definition) is 4. The number of carbonyl (C=O) groups is 2. The van der Waals surface area contributed by atoms with Gasteiger partial charge in [0.1, 0.15) is 6.04 Å². The van der Waals surface area contributed by atoms with E-state index in [-0.39, 0.29) is 43.8 Å². The average Bonchev–Trinajstić information content (AvgIpc) is 2.76. The molecule has 0 aliphatic heterocycles. The van der Waals surface area contributed by atoms with Gasteiger partial charge in [0.25, 0.3) is 0 Å². The topological polar surface area (TPSA) is 86.8 Å². The van der Waals surface area contributed by atoms with Crippen molar-refractivity contribution in [2.24, 2.45) is 0 Å². The number of hydrogen-bond donors (Lipinski definition) is 1. The second kappa shape index (κ2) is 12.4. The lowest BCUT2D eigenvalue weighted by atomic mass is 10.1. The van der Waals surface area contributed by atoms with Crippen LogP contribution in [0.2, 0.25) is 10.0 Å². The summed E-state index contributed by atoms with van der Waals surface area (Å²) >= 11 is 12.1. The molecule has 0 aliphatic rings. The van der Waals surface area contributed by atoms with Gasteiger partial charge in [0.15, 0.2) is 0 Å². The highest BCUT2D eigenvalue weighted by Crippen LogP contribution is 2.24. The summed E-state index contributed by atoms with van der Waals surface area (Å²) in [5.41, 5.74) is 1.27. The van der Waals surface area contributed by atoms with Gasteiger partial charge in [-0.1, -0.05) is 47.5 Å². The number of nitrogens with zero attached hydrogens (tertiary/aromatic N) is 2. The van der Waals surface area contributed by atoms with Gasteiger partial charge < -0.3 is 10.2 Å². The lowest BCUT2D eigenvalue weighted by molar-refractivity contribution is -0.140. The third kappa shape index (κ3) is 8.18. The molecule has 0 radical (unpaired) electrons. The normalized spacial score (nSPS) is 12.3. The Morgan fingerprint density at radius 1 is 1.00 bits per heavy atom. The van der Waals surface area contributed by atoms with E-state index in [1.165, 1.54) is 9.21 Å². The third-order valence-corrected chi connectivity index (χ3v) is 7.06. The Balaban J connectivity index is 2.17. The van der Waals surface area contributed by atoms with Crippen molar-refractivity contribution in [2.45, 2.75) is 52.2 Å². The van der Waals surface area contributed by atoms with E-state index in [0.29, 0.717) is 15.7 Å². The molecule has 2 amide bonds. The van der Waals surface area contributed by atoms with E-state index in [9.17, 15) is 18.0 Å². The fraction of sp³-hybridized carbons (Fsp3) is 0.417. The Kier molecular flexibility index (Phi) is 10.2. The van der Waals surface area contributed by atoms with Crippen LogP contribution in [-0.2, 0) is 26.2 Å². The Morgan fingerprint density at radius 3 is 2.21 bits per heavy atom. The quantitative estimate of drug-likeness (QED) is 0.466. The van der Waals surface area contributed by atoms with Crippen molar-refractivity contribution < 1.29 is 18.0 Å². The first-order chi connectivity index (χ1) is 15.9. The molecular formula is C24H31Cl2N3O4S. The average molecular weight is 529 g/mol. The fourth-order valence-electron chi connectivity index (χ4n) is 3.42. The summed E-state index contributed by atoms with van der Waals surface area (Å²) in [5.74, 6) is -0.538. The number of carbonyl (C=O) groups excluding carboxylic acids is 2. The summed E-state index contributed by atoms with van der Waals surface area (Å²) in [6, 6.07) is 13.0. The third-order valence-electron chi connectivity index (χ3n) is 5.13. The van der Waals surface area contributed by atoms with Crippen LogP contribution < -0.4 is 9.62 Å². The minimum Gasteiger partial charge on any atom is -0.352 e. The standard InChI is InChI=1S/C24H31Cl2N3O4S/c1-17(2)27-24(31)18(3)28(16-19-12-13-21(25)22(26)15-19)23(30)11-8-14-29(34(4,32)33)20-9-6-5-7-10-20/h5-7,9-10,12-13,15,17-18H,8,11,14,16H2,1-4H3,(H,27,31)/t18-/m0/s1. The fourth-order valence-corrected chi connectivity index (χ4v) is 4.71. The van der Waals surface area contributed by atoms with Crippen LogP contribution in [0, 0.1) is 0 Å². The molecule has 0 saturated carbocycles. The molecule has 0 bridgehead atoms. The SMILES string of the molecule is CC(C)NC(=O)[C@H](C)N(Cc1ccc(Cl)c(Cl)c1)C(=O)CCCN(c1ccccc1)S(C)(=O)=O. The van der Waals surface area contributed by atoms with Gasteiger partial charge in [-0.3, -0.25) is 13.9 Å². The molecule has 1 atom stereocenters. The number of para-hydroxylation sites is 1. The van der Waals surface area contributed by atoms with E-state index in [1.807, 2.05) is 13.8 Å². The van der Waals surface area contributed by atoms with Crippen molar-refractivity contribution in [1.29, 1.82) is 0 Å². The van der Waals surface area contributed by atoms with Gasteiger partial charge in [-0.05, 0) is 57.0 Å². The van der Waals surface area contributed by atoms with Crippen molar-refractivity contribution in [3.05, 3.63) is 64.1 Å². The maximum absolute atomic E-state index is 13.2. The molecule has 2 rings (SSSR count). The van der Waals surface area contributed by atoms with E-state index in [4.69, 9.17) is 23.2 Å². The monoisotopic (exact) mass is 527 g/mol. The lowest BCUT2D eigenvalue weighted by Gasteiger charge is -2.30. The molecule has 1 N–H and O–H groups in total. The highest BCUT2D eigenvalue weighted by atomic mass is 35.5. The van der Waals surface area contributed by atoms with Gasteiger partial charge in [-0.15, -0.1) is 0 Å². The van der Waals surface area contributed by atoms with Crippen molar-refractivity contribution in [2.75, 3.05) is 17.1 Å². The van der Waals surface area contributed by atoms with Gasteiger partial charge >= 0.3 is 0 Å². The summed E-state index contributed by atoms with van der Waals surface area (Å²) in [5, 5.41) is 3.59. The molecule has 186 valence electrons. The first-order valence-electron chi connectivity index (χ1n) is 11.0. The maximum Gasteiger partial charge on any atom is 0.242 e. The van der Waals surface area contributed by atoms with Gasteiger partial charge in [0.2, 0.25) is 21.8 Å². The second-order valence-corrected chi connectivity index (χ2v) is 11.1. The number of amides is 2. The molecule has 10 heteroatoms. The number of benzene rings is 2. The number of rotatable bonds is 11. The molecule has 0 spiro atoms. The summed E-state index contributed by atoms with van der Waals surface area (Å²) in [6.07, 6.45) is 1.49. The number of nitrogens with one attached hydrogen (secondary N) is 1. The van der Waals surface area contributed by atoms with Crippen molar-refractivity contribution >= 4 is 50.7 Å². The zero-order valence-electron chi connectivity index (χ0n) is 19.8. The Labute approximate surface area is 212 Å². The largest absolute Gasteiger partial charge is 0.352 e. The lowest BCUT2D eigenvalue weighted by Crippen LogP contribution is -2.49. The van der Waals surface area contributed by atoms with Crippen LogP contribution >= 0.6 is 23.2 Å². The van der Waals surface area contributed by atoms with Gasteiger partial charge in [0, 0.05) is 25.6 Å². The minimum absolute atomic E-state index is 0.0689. The predicted molar refractivity (Wildman–Crippen MR) is 138 cm³/mol. The molecule has 34 heavy (non-hydrogen) atoms. The molecule has 2 aromatic rings. The molecule has 7 nitrogen and oxygen atoms in total. The predicted octanol–water partition coefficient (Wildman–Crippen LogP) is 4.48. The summed E-state index contributed by atoms with van der Waals surface area (Å²) < 4.78 is 25.9. The number of sulfonamides is 1. The highest BCUT2D eigenvalue weighted by Gasteiger charge is 2.27. The molecule has 0 aromatic heterocycles. The van der Waals surface area contributed by atoms with E-state index in [0.717, 1.165) is 11.8 Å². The summed E-state index contributed by atoms with van der Waals surface area (Å²) in [6.45, 7) is 5.66. The zero-order valence-corrected chi connectivity index (χ0v) is 22.1. The van der Waals surface area contributed by atoms with Crippen LogP contribution in [0.3, 0.4) is 0 Å². The molecule has 0 unspecified atom stereocenters.